The number of methoxy groups -OCH3 is 1. The van der Waals surface area contributed by atoms with Crippen LogP contribution in [0, 0.1) is 0 Å². The van der Waals surface area contributed by atoms with Gasteiger partial charge in [0.05, 0.1) is 19.0 Å². The van der Waals surface area contributed by atoms with Gasteiger partial charge in [0, 0.05) is 11.1 Å². The molecule has 1 amide bonds. The molecular formula is C24H19F3N6O5. The van der Waals surface area contributed by atoms with E-state index in [1.165, 1.54) is 43.5 Å². The first kappa shape index (κ1) is 25.9. The number of aromatic nitrogens is 3. The Morgan fingerprint density at radius 3 is 2.29 bits per heavy atom. The maximum absolute atomic E-state index is 13.8. The van der Waals surface area contributed by atoms with Crippen LogP contribution < -0.4 is 20.9 Å². The Labute approximate surface area is 212 Å². The average Bonchev–Trinajstić information content (AvgIpc) is 3.33. The Kier molecular flexibility index (Phi) is 7.14. The number of oxime groups is 1. The highest BCUT2D eigenvalue weighted by Gasteiger charge is 2.36. The van der Waals surface area contributed by atoms with Crippen LogP contribution >= 0.6 is 0 Å². The Morgan fingerprint density at radius 1 is 1.03 bits per heavy atom. The van der Waals surface area contributed by atoms with Crippen LogP contribution in [0.1, 0.15) is 21.6 Å². The second-order valence-electron chi connectivity index (χ2n) is 7.68. The number of alkyl halides is 3. The zero-order valence-electron chi connectivity index (χ0n) is 19.6. The van der Waals surface area contributed by atoms with Crippen LogP contribution in [0.5, 0.6) is 11.5 Å². The van der Waals surface area contributed by atoms with Crippen molar-refractivity contribution < 1.29 is 37.1 Å². The largest absolute Gasteiger partial charge is 0.497 e. The number of rotatable bonds is 8. The van der Waals surface area contributed by atoms with Gasteiger partial charge in [-0.2, -0.15) is 18.3 Å². The lowest BCUT2D eigenvalue weighted by molar-refractivity contribution is -0.142. The number of primary amides is 1. The first-order valence-corrected chi connectivity index (χ1v) is 10.7. The number of benzene rings is 2. The minimum atomic E-state index is -4.80. The third-order valence-corrected chi connectivity index (χ3v) is 5.13. The third kappa shape index (κ3) is 5.64. The maximum Gasteiger partial charge on any atom is 0.433 e. The van der Waals surface area contributed by atoms with Crippen LogP contribution in [-0.2, 0) is 15.8 Å². The van der Waals surface area contributed by atoms with Crippen molar-refractivity contribution in [1.29, 1.82) is 0 Å². The molecule has 0 fully saturated rings. The molecule has 4 N–H and O–H groups in total. The number of nitrogens with zero attached hydrogens (tertiary/aromatic N) is 4. The first-order valence-electron chi connectivity index (χ1n) is 10.7. The van der Waals surface area contributed by atoms with Crippen molar-refractivity contribution in [3.8, 4) is 22.8 Å². The number of hydrogen-bond donors (Lipinski definition) is 2. The van der Waals surface area contributed by atoms with Crippen LogP contribution in [0.3, 0.4) is 0 Å². The van der Waals surface area contributed by atoms with E-state index in [4.69, 9.17) is 25.8 Å². The number of nitrogens with two attached hydrogens (primary N) is 2. The molecule has 0 radical (unpaired) electrons. The van der Waals surface area contributed by atoms with E-state index >= 15 is 0 Å². The van der Waals surface area contributed by atoms with Gasteiger partial charge in [-0.05, 0) is 54.6 Å². The molecule has 0 aliphatic rings. The van der Waals surface area contributed by atoms with E-state index in [9.17, 15) is 22.8 Å². The van der Waals surface area contributed by atoms with Crippen molar-refractivity contribution in [1.82, 2.24) is 14.6 Å². The van der Waals surface area contributed by atoms with Gasteiger partial charge in [-0.3, -0.25) is 4.79 Å². The molecule has 0 saturated heterocycles. The predicted octanol–water partition coefficient (Wildman–Crippen LogP) is 2.77. The molecule has 0 aliphatic heterocycles. The summed E-state index contributed by atoms with van der Waals surface area (Å²) in [6.45, 7) is -0.315. The van der Waals surface area contributed by atoms with Crippen LogP contribution in [0.25, 0.3) is 16.9 Å². The zero-order valence-corrected chi connectivity index (χ0v) is 19.6. The van der Waals surface area contributed by atoms with Crippen LogP contribution in [-0.4, -0.2) is 46.0 Å². The number of carbonyl (C=O) groups excluding carboxylic acids is 2. The second kappa shape index (κ2) is 10.5. The highest BCUT2D eigenvalue weighted by molar-refractivity contribution is 5.99. The van der Waals surface area contributed by atoms with Gasteiger partial charge in [0.1, 0.15) is 17.1 Å². The van der Waals surface area contributed by atoms with Gasteiger partial charge in [0.2, 0.25) is 0 Å². The summed E-state index contributed by atoms with van der Waals surface area (Å²) in [7, 11) is 1.45. The summed E-state index contributed by atoms with van der Waals surface area (Å²) >= 11 is 0. The van der Waals surface area contributed by atoms with Crippen LogP contribution in [0.4, 0.5) is 13.2 Å². The van der Waals surface area contributed by atoms with Gasteiger partial charge in [-0.1, -0.05) is 5.16 Å². The van der Waals surface area contributed by atoms with E-state index in [2.05, 4.69) is 15.2 Å². The van der Waals surface area contributed by atoms with Crippen LogP contribution in [0.2, 0.25) is 0 Å². The van der Waals surface area contributed by atoms with Crippen molar-refractivity contribution in [2.75, 3.05) is 13.7 Å². The fourth-order valence-electron chi connectivity index (χ4n) is 3.29. The second-order valence-corrected chi connectivity index (χ2v) is 7.68. The van der Waals surface area contributed by atoms with E-state index in [-0.39, 0.29) is 29.3 Å². The molecule has 0 unspecified atom stereocenters. The molecule has 4 aromatic rings. The Hall–Kier alpha value is -5.14. The summed E-state index contributed by atoms with van der Waals surface area (Å²) in [6.07, 6.45) is -3.90. The van der Waals surface area contributed by atoms with Crippen molar-refractivity contribution in [3.05, 3.63) is 77.6 Å². The lowest BCUT2D eigenvalue weighted by Gasteiger charge is -2.11. The summed E-state index contributed by atoms with van der Waals surface area (Å²) in [6, 6.07) is 12.9. The predicted molar refractivity (Wildman–Crippen MR) is 127 cm³/mol. The summed E-state index contributed by atoms with van der Waals surface area (Å²) in [4.78, 5) is 32.6. The average molecular weight is 528 g/mol. The molecule has 0 bridgehead atoms. The smallest absolute Gasteiger partial charge is 0.433 e. The summed E-state index contributed by atoms with van der Waals surface area (Å²) in [5.74, 6) is -1.15. The number of fused-ring (bicyclic) bond motifs is 1. The van der Waals surface area contributed by atoms with E-state index in [0.717, 1.165) is 12.3 Å². The molecule has 196 valence electrons. The molecule has 0 spiro atoms. The zero-order chi connectivity index (χ0) is 27.4. The normalized spacial score (nSPS) is 11.8. The van der Waals surface area contributed by atoms with Gasteiger partial charge in [-0.15, -0.1) is 0 Å². The molecule has 4 rings (SSSR count). The molecular weight excluding hydrogens is 509 g/mol. The molecule has 38 heavy (non-hydrogen) atoms. The minimum Gasteiger partial charge on any atom is -0.497 e. The quantitative estimate of drug-likeness (QED) is 0.153. The van der Waals surface area contributed by atoms with Gasteiger partial charge in [-0.25, -0.2) is 14.3 Å². The van der Waals surface area contributed by atoms with Crippen molar-refractivity contribution in [2.24, 2.45) is 16.6 Å². The van der Waals surface area contributed by atoms with Crippen molar-refractivity contribution in [3.63, 3.8) is 0 Å². The van der Waals surface area contributed by atoms with E-state index in [0.29, 0.717) is 27.1 Å². The first-order chi connectivity index (χ1) is 18.1. The molecule has 0 saturated carbocycles. The molecule has 0 atom stereocenters. The Morgan fingerprint density at radius 2 is 1.68 bits per heavy atom. The Balaban J connectivity index is 1.62. The monoisotopic (exact) mass is 528 g/mol. The van der Waals surface area contributed by atoms with Gasteiger partial charge < -0.3 is 25.8 Å². The van der Waals surface area contributed by atoms with Gasteiger partial charge in [0.15, 0.2) is 23.8 Å². The third-order valence-electron chi connectivity index (χ3n) is 5.13. The van der Waals surface area contributed by atoms with E-state index in [1.54, 1.807) is 12.1 Å². The molecule has 11 nitrogen and oxygen atoms in total. The van der Waals surface area contributed by atoms with Gasteiger partial charge >= 0.3 is 12.1 Å². The fourth-order valence-corrected chi connectivity index (χ4v) is 3.29. The fraction of sp³-hybridized carbons (Fsp3) is 0.125. The molecule has 0 aliphatic carbocycles. The maximum atomic E-state index is 13.8. The lowest BCUT2D eigenvalue weighted by Crippen LogP contribution is -2.20. The number of amides is 1. The SMILES string of the molecule is COc1ccc(-c2cc(C(F)(F)F)n3ncc(C(=O)O/N=C(\N)c4ccc(OCC(N)=O)cc4)c3n2)cc1. The number of carbonyl (C=O) groups is 2. The number of amidine groups is 1. The molecule has 14 heteroatoms. The van der Waals surface area contributed by atoms with Crippen molar-refractivity contribution >= 4 is 23.4 Å². The topological polar surface area (TPSA) is 156 Å². The molecule has 2 aromatic heterocycles. The summed E-state index contributed by atoms with van der Waals surface area (Å²) < 4.78 is 52.1. The molecule has 2 aromatic carbocycles. The van der Waals surface area contributed by atoms with Crippen molar-refractivity contribution in [2.45, 2.75) is 6.18 Å². The highest BCUT2D eigenvalue weighted by atomic mass is 19.4. The van der Waals surface area contributed by atoms with E-state index in [1.807, 2.05) is 0 Å². The number of ether oxygens (including phenoxy) is 2. The molecule has 2 heterocycles. The van der Waals surface area contributed by atoms with Crippen LogP contribution in [0.15, 0.2) is 65.9 Å². The highest BCUT2D eigenvalue weighted by Crippen LogP contribution is 2.33. The Bertz CT molecular complexity index is 1520. The summed E-state index contributed by atoms with van der Waals surface area (Å²) in [5, 5.41) is 7.24. The number of hydrogen-bond acceptors (Lipinski definition) is 8. The van der Waals surface area contributed by atoms with E-state index < -0.39 is 23.7 Å². The summed E-state index contributed by atoms with van der Waals surface area (Å²) in [5.41, 5.74) is 9.61. The number of halogens is 3. The lowest BCUT2D eigenvalue weighted by atomic mass is 10.1. The minimum absolute atomic E-state index is 0.0521. The standard InChI is InChI=1S/C24H19F3N6O5/c1-36-15-6-2-13(3-7-15)18-10-19(24(25,26)27)33-22(31-18)17(11-30-33)23(35)38-32-21(29)14-4-8-16(9-5-14)37-12-20(28)34/h2-11H,12H2,1H3,(H2,28,34)(H2,29,32). The van der Waals surface area contributed by atoms with Gasteiger partial charge in [0.25, 0.3) is 5.91 Å².